The van der Waals surface area contributed by atoms with E-state index >= 15 is 0 Å². The number of nitrogens with zero attached hydrogens (tertiary/aromatic N) is 4. The van der Waals surface area contributed by atoms with Crippen LogP contribution >= 0.6 is 0 Å². The largest absolute Gasteiger partial charge is 0.423 e. The van der Waals surface area contributed by atoms with Crippen LogP contribution in [-0.4, -0.2) is 20.2 Å². The van der Waals surface area contributed by atoms with Crippen molar-refractivity contribution in [2.24, 2.45) is 0 Å². The molecule has 6 heteroatoms. The third-order valence-electron chi connectivity index (χ3n) is 4.84. The highest BCUT2D eigenvalue weighted by Gasteiger charge is 2.16. The standard InChI is InChI=1S/C20H16N4O2/c25-19-11-16(17-9-14-7-4-8-15(14)10-18(17)26-19)12-24-22-20(21-23-24)13-5-2-1-3-6-13/h1-3,5-6,9-11H,4,7-8,12H2. The molecule has 0 spiro atoms. The Morgan fingerprint density at radius 2 is 1.85 bits per heavy atom. The Hall–Kier alpha value is -3.28. The first kappa shape index (κ1) is 15.0. The predicted molar refractivity (Wildman–Crippen MR) is 96.9 cm³/mol. The Morgan fingerprint density at radius 1 is 1.04 bits per heavy atom. The number of hydrogen-bond donors (Lipinski definition) is 0. The van der Waals surface area contributed by atoms with Crippen molar-refractivity contribution >= 4 is 11.0 Å². The van der Waals surface area contributed by atoms with Gasteiger partial charge < -0.3 is 4.42 Å². The van der Waals surface area contributed by atoms with Crippen molar-refractivity contribution in [3.8, 4) is 11.4 Å². The molecule has 0 bridgehead atoms. The molecule has 0 fully saturated rings. The summed E-state index contributed by atoms with van der Waals surface area (Å²) in [6.07, 6.45) is 3.27. The van der Waals surface area contributed by atoms with E-state index in [0.717, 1.165) is 35.8 Å². The van der Waals surface area contributed by atoms with Gasteiger partial charge in [0.05, 0.1) is 6.54 Å². The summed E-state index contributed by atoms with van der Waals surface area (Å²) in [6.45, 7) is 0.376. The number of fused-ring (bicyclic) bond motifs is 2. The third kappa shape index (κ3) is 2.60. The van der Waals surface area contributed by atoms with Crippen LogP contribution in [0.3, 0.4) is 0 Å². The van der Waals surface area contributed by atoms with E-state index in [1.165, 1.54) is 22.0 Å². The first-order chi connectivity index (χ1) is 12.8. The molecule has 0 atom stereocenters. The van der Waals surface area contributed by atoms with Gasteiger partial charge in [-0.25, -0.2) is 4.79 Å². The van der Waals surface area contributed by atoms with Gasteiger partial charge in [0.1, 0.15) is 5.58 Å². The van der Waals surface area contributed by atoms with Gasteiger partial charge in [0, 0.05) is 17.0 Å². The van der Waals surface area contributed by atoms with Gasteiger partial charge in [0.2, 0.25) is 5.82 Å². The van der Waals surface area contributed by atoms with Crippen LogP contribution in [0.15, 0.2) is 57.7 Å². The molecule has 2 heterocycles. The monoisotopic (exact) mass is 344 g/mol. The molecule has 2 aromatic carbocycles. The van der Waals surface area contributed by atoms with Gasteiger partial charge in [-0.2, -0.15) is 4.80 Å². The van der Waals surface area contributed by atoms with Crippen molar-refractivity contribution in [3.05, 3.63) is 75.6 Å². The van der Waals surface area contributed by atoms with Crippen molar-refractivity contribution in [2.75, 3.05) is 0 Å². The van der Waals surface area contributed by atoms with Crippen molar-refractivity contribution in [2.45, 2.75) is 25.8 Å². The minimum Gasteiger partial charge on any atom is -0.423 e. The second-order valence-electron chi connectivity index (χ2n) is 6.57. The Morgan fingerprint density at radius 3 is 2.69 bits per heavy atom. The molecule has 0 N–H and O–H groups in total. The lowest BCUT2D eigenvalue weighted by molar-refractivity contribution is 0.545. The summed E-state index contributed by atoms with van der Waals surface area (Å²) < 4.78 is 5.42. The minimum absolute atomic E-state index is 0.353. The van der Waals surface area contributed by atoms with Crippen LogP contribution in [0.2, 0.25) is 0 Å². The van der Waals surface area contributed by atoms with E-state index in [-0.39, 0.29) is 5.63 Å². The van der Waals surface area contributed by atoms with Gasteiger partial charge in [0.15, 0.2) is 0 Å². The topological polar surface area (TPSA) is 73.8 Å². The second-order valence-corrected chi connectivity index (χ2v) is 6.57. The Labute approximate surface area is 149 Å². The number of rotatable bonds is 3. The van der Waals surface area contributed by atoms with Crippen LogP contribution in [0.25, 0.3) is 22.4 Å². The van der Waals surface area contributed by atoms with Gasteiger partial charge >= 0.3 is 5.63 Å². The van der Waals surface area contributed by atoms with Crippen LogP contribution in [-0.2, 0) is 19.4 Å². The molecule has 6 nitrogen and oxygen atoms in total. The molecular weight excluding hydrogens is 328 g/mol. The minimum atomic E-state index is -0.353. The zero-order chi connectivity index (χ0) is 17.5. The molecule has 128 valence electrons. The summed E-state index contributed by atoms with van der Waals surface area (Å²) in [7, 11) is 0. The molecule has 0 aliphatic heterocycles. The number of hydrogen-bond acceptors (Lipinski definition) is 5. The molecule has 4 aromatic rings. The zero-order valence-corrected chi connectivity index (χ0v) is 14.1. The molecule has 0 saturated carbocycles. The maximum absolute atomic E-state index is 12.0. The summed E-state index contributed by atoms with van der Waals surface area (Å²) in [5.74, 6) is 0.568. The van der Waals surface area contributed by atoms with Crippen LogP contribution < -0.4 is 5.63 Å². The van der Waals surface area contributed by atoms with Crippen LogP contribution in [0.5, 0.6) is 0 Å². The van der Waals surface area contributed by atoms with E-state index in [1.807, 2.05) is 36.4 Å². The quantitative estimate of drug-likeness (QED) is 0.534. The summed E-state index contributed by atoms with van der Waals surface area (Å²) in [5.41, 5.74) is 4.66. The molecule has 1 aliphatic rings. The normalized spacial score (nSPS) is 13.2. The first-order valence-electron chi connectivity index (χ1n) is 8.68. The number of aromatic nitrogens is 4. The fraction of sp³-hybridized carbons (Fsp3) is 0.200. The Bertz CT molecular complexity index is 1160. The highest BCUT2D eigenvalue weighted by molar-refractivity contribution is 5.82. The van der Waals surface area contributed by atoms with Crippen molar-refractivity contribution in [1.82, 2.24) is 20.2 Å². The van der Waals surface area contributed by atoms with Crippen molar-refractivity contribution in [1.29, 1.82) is 0 Å². The maximum atomic E-state index is 12.0. The third-order valence-corrected chi connectivity index (χ3v) is 4.84. The van der Waals surface area contributed by atoms with Gasteiger partial charge in [-0.3, -0.25) is 0 Å². The second kappa shape index (κ2) is 5.91. The van der Waals surface area contributed by atoms with Crippen LogP contribution in [0.4, 0.5) is 0 Å². The van der Waals surface area contributed by atoms with Gasteiger partial charge in [-0.1, -0.05) is 30.3 Å². The summed E-state index contributed by atoms with van der Waals surface area (Å²) in [6, 6.07) is 15.4. The van der Waals surface area contributed by atoms with Crippen LogP contribution in [0, 0.1) is 0 Å². The van der Waals surface area contributed by atoms with Gasteiger partial charge in [0.25, 0.3) is 0 Å². The molecule has 1 aliphatic carbocycles. The fourth-order valence-electron chi connectivity index (χ4n) is 3.59. The van der Waals surface area contributed by atoms with Crippen LogP contribution in [0.1, 0.15) is 23.1 Å². The van der Waals surface area contributed by atoms with Gasteiger partial charge in [-0.15, -0.1) is 10.2 Å². The fourth-order valence-corrected chi connectivity index (χ4v) is 3.59. The number of tetrazole rings is 1. The van der Waals surface area contributed by atoms with Crippen molar-refractivity contribution < 1.29 is 4.42 Å². The summed E-state index contributed by atoms with van der Waals surface area (Å²) in [4.78, 5) is 13.5. The lowest BCUT2D eigenvalue weighted by Gasteiger charge is -2.07. The van der Waals surface area contributed by atoms with Gasteiger partial charge in [-0.05, 0) is 53.3 Å². The Balaban J connectivity index is 1.55. The van der Waals surface area contributed by atoms with E-state index in [0.29, 0.717) is 18.0 Å². The molecule has 0 amide bonds. The summed E-state index contributed by atoms with van der Waals surface area (Å²) in [5, 5.41) is 13.7. The average Bonchev–Trinajstić information content (AvgIpc) is 3.30. The first-order valence-corrected chi connectivity index (χ1v) is 8.68. The van der Waals surface area contributed by atoms with E-state index in [9.17, 15) is 4.79 Å². The number of aryl methyl sites for hydroxylation is 2. The molecule has 0 radical (unpaired) electrons. The highest BCUT2D eigenvalue weighted by atomic mass is 16.4. The lowest BCUT2D eigenvalue weighted by atomic mass is 10.0. The van der Waals surface area contributed by atoms with E-state index in [2.05, 4.69) is 21.5 Å². The molecule has 0 unspecified atom stereocenters. The van der Waals surface area contributed by atoms with E-state index in [4.69, 9.17) is 4.42 Å². The highest BCUT2D eigenvalue weighted by Crippen LogP contribution is 2.28. The van der Waals surface area contributed by atoms with E-state index in [1.54, 1.807) is 0 Å². The predicted octanol–water partition coefficient (Wildman–Crippen LogP) is 2.98. The Kier molecular flexibility index (Phi) is 3.41. The molecular formula is C20H16N4O2. The lowest BCUT2D eigenvalue weighted by Crippen LogP contribution is -2.08. The molecule has 5 rings (SSSR count). The maximum Gasteiger partial charge on any atom is 0.336 e. The molecule has 0 saturated heterocycles. The van der Waals surface area contributed by atoms with Crippen molar-refractivity contribution in [3.63, 3.8) is 0 Å². The average molecular weight is 344 g/mol. The van der Waals surface area contributed by atoms with E-state index < -0.39 is 0 Å². The molecule has 2 aromatic heterocycles. The molecule has 26 heavy (non-hydrogen) atoms. The number of benzene rings is 2. The summed E-state index contributed by atoms with van der Waals surface area (Å²) >= 11 is 0. The smallest absolute Gasteiger partial charge is 0.336 e. The zero-order valence-electron chi connectivity index (χ0n) is 14.1. The SMILES string of the molecule is O=c1cc(Cn2nnc(-c3ccccc3)n2)c2cc3c(cc2o1)CCC3.